The van der Waals surface area contributed by atoms with Gasteiger partial charge in [0.15, 0.2) is 9.84 Å². The van der Waals surface area contributed by atoms with Gasteiger partial charge in [0.05, 0.1) is 22.9 Å². The van der Waals surface area contributed by atoms with E-state index in [2.05, 4.69) is 167 Å². The van der Waals surface area contributed by atoms with Crippen LogP contribution in [-0.4, -0.2) is 56.5 Å². The Morgan fingerprint density at radius 2 is 0.657 bits per heavy atom. The molecule has 1 unspecified atom stereocenters. The van der Waals surface area contributed by atoms with E-state index in [4.69, 9.17) is 0 Å². The number of rotatable bonds is 0. The molecule has 0 saturated carbocycles. The molecule has 3 aliphatic heterocycles. The molecule has 67 heavy (non-hydrogen) atoms. The highest BCUT2D eigenvalue weighted by atomic mass is 32.2. The maximum atomic E-state index is 10.6. The number of aryl methyl sites for hydroxylation is 7. The lowest BCUT2D eigenvalue weighted by Gasteiger charge is -2.15. The van der Waals surface area contributed by atoms with E-state index in [1.54, 1.807) is 0 Å². The summed E-state index contributed by atoms with van der Waals surface area (Å²) in [6, 6.07) is 0. The zero-order valence-electron chi connectivity index (χ0n) is 47.0. The number of allylic oxidation sites excluding steroid dienone is 4. The van der Waals surface area contributed by atoms with Crippen molar-refractivity contribution >= 4 is 21.3 Å². The molecule has 1 aromatic carbocycles. The van der Waals surface area contributed by atoms with Crippen LogP contribution in [0.25, 0.3) is 0 Å². The zero-order chi connectivity index (χ0) is 52.0. The number of benzene rings is 1. The molecule has 7 rings (SSSR count). The molecule has 1 saturated heterocycles. The molecular weight excluding hydrogens is 847 g/mol. The standard InChI is InChI=1S/C12H18.C10H15N.2C8H12N2.2C7H11N.C5H10O2S/c1-7-8(2)10(4)12(6)11(5)9(7)3;1-6-7(2)9(4)11-10(5)8(6)3;1-5-6(2)9-8(4)10-7(5)3;1-5-6(2)8(4)10-9-7(5)3;2*1-5-4-6(2)8-7(5)3;1-5-2-3-8(6,7)4-5/h1-6H3;1-5H3;2*1-4H3;2*4H2,1-3H3;5H,2-4H2,1H3. The van der Waals surface area contributed by atoms with Crippen LogP contribution >= 0.6 is 0 Å². The Labute approximate surface area is 409 Å². The van der Waals surface area contributed by atoms with Crippen LogP contribution in [0.4, 0.5) is 0 Å². The monoisotopic (exact) mass is 936 g/mol. The van der Waals surface area contributed by atoms with Crippen molar-refractivity contribution < 1.29 is 8.42 Å². The van der Waals surface area contributed by atoms with Crippen molar-refractivity contribution in [2.45, 2.75) is 199 Å². The van der Waals surface area contributed by atoms with Gasteiger partial charge in [-0.25, -0.2) is 18.4 Å². The second kappa shape index (κ2) is 26.7. The predicted molar refractivity (Wildman–Crippen MR) is 289 cm³/mol. The average molecular weight is 936 g/mol. The molecule has 3 aliphatic rings. The van der Waals surface area contributed by atoms with Gasteiger partial charge in [-0.3, -0.25) is 15.0 Å². The van der Waals surface area contributed by atoms with E-state index in [0.717, 1.165) is 59.3 Å². The van der Waals surface area contributed by atoms with Crippen LogP contribution in [0.5, 0.6) is 0 Å². The molecule has 0 aliphatic carbocycles. The van der Waals surface area contributed by atoms with Gasteiger partial charge in [-0.1, -0.05) is 6.92 Å². The largest absolute Gasteiger partial charge is 0.263 e. The van der Waals surface area contributed by atoms with Gasteiger partial charge in [-0.05, 0) is 263 Å². The fourth-order valence-corrected chi connectivity index (χ4v) is 9.52. The number of pyridine rings is 1. The van der Waals surface area contributed by atoms with Gasteiger partial charge < -0.3 is 0 Å². The summed E-state index contributed by atoms with van der Waals surface area (Å²) < 4.78 is 21.3. The van der Waals surface area contributed by atoms with Crippen molar-refractivity contribution in [3.8, 4) is 0 Å². The first-order valence-electron chi connectivity index (χ1n) is 23.9. The Balaban J connectivity index is 0.000000393. The van der Waals surface area contributed by atoms with Crippen molar-refractivity contribution in [3.05, 3.63) is 129 Å². The third-order valence-electron chi connectivity index (χ3n) is 14.1. The second-order valence-electron chi connectivity index (χ2n) is 19.4. The van der Waals surface area contributed by atoms with Crippen LogP contribution in [0.15, 0.2) is 32.5 Å². The van der Waals surface area contributed by atoms with Crippen molar-refractivity contribution in [3.63, 3.8) is 0 Å². The van der Waals surface area contributed by atoms with Crippen LogP contribution in [0.3, 0.4) is 0 Å². The van der Waals surface area contributed by atoms with E-state index in [1.807, 2.05) is 48.5 Å². The summed E-state index contributed by atoms with van der Waals surface area (Å²) in [5.74, 6) is 2.09. The Hall–Kier alpha value is -4.70. The smallest absolute Gasteiger partial charge is 0.150 e. The zero-order valence-corrected chi connectivity index (χ0v) is 47.8. The Bertz CT molecular complexity index is 2410. The minimum atomic E-state index is -2.60. The second-order valence-corrected chi connectivity index (χ2v) is 21.6. The number of nitrogens with zero attached hydrogens (tertiary/aromatic N) is 7. The number of hydrogen-bond donors (Lipinski definition) is 0. The summed E-state index contributed by atoms with van der Waals surface area (Å²) in [4.78, 5) is 21.4. The minimum Gasteiger partial charge on any atom is -0.263 e. The van der Waals surface area contributed by atoms with Gasteiger partial charge in [0.1, 0.15) is 5.82 Å². The Kier molecular flexibility index (Phi) is 24.1. The highest BCUT2D eigenvalue weighted by Crippen LogP contribution is 2.25. The van der Waals surface area contributed by atoms with Crippen LogP contribution < -0.4 is 0 Å². The fourth-order valence-electron chi connectivity index (χ4n) is 7.56. The Morgan fingerprint density at radius 1 is 0.373 bits per heavy atom. The summed E-state index contributed by atoms with van der Waals surface area (Å²) >= 11 is 0. The summed E-state index contributed by atoms with van der Waals surface area (Å²) in [5, 5.41) is 7.98. The lowest BCUT2D eigenvalue weighted by atomic mass is 9.90. The van der Waals surface area contributed by atoms with Crippen molar-refractivity contribution in [1.29, 1.82) is 0 Å². The maximum Gasteiger partial charge on any atom is 0.150 e. The van der Waals surface area contributed by atoms with Crippen molar-refractivity contribution in [1.82, 2.24) is 25.1 Å². The van der Waals surface area contributed by atoms with E-state index >= 15 is 0 Å². The van der Waals surface area contributed by atoms with Gasteiger partial charge >= 0.3 is 0 Å². The molecule has 4 aromatic rings. The van der Waals surface area contributed by atoms with Crippen LogP contribution in [0.1, 0.15) is 174 Å². The Morgan fingerprint density at radius 3 is 0.866 bits per heavy atom. The predicted octanol–water partition coefficient (Wildman–Crippen LogP) is 14.3. The summed E-state index contributed by atoms with van der Waals surface area (Å²) in [6.45, 7) is 54.4. The van der Waals surface area contributed by atoms with Crippen LogP contribution in [0, 0.1) is 137 Å². The fraction of sp³-hybridized carbons (Fsp3) is 0.561. The first kappa shape index (κ1) is 60.3. The molecule has 370 valence electrons. The molecule has 0 bridgehead atoms. The van der Waals surface area contributed by atoms with E-state index < -0.39 is 9.84 Å². The minimum absolute atomic E-state index is 0.403. The van der Waals surface area contributed by atoms with Gasteiger partial charge in [-0.15, -0.1) is 0 Å². The van der Waals surface area contributed by atoms with Crippen LogP contribution in [0.2, 0.25) is 0 Å². The van der Waals surface area contributed by atoms with Crippen molar-refractivity contribution in [2.75, 3.05) is 11.5 Å². The lowest BCUT2D eigenvalue weighted by Crippen LogP contribution is -2.01. The number of aromatic nitrogens is 5. The van der Waals surface area contributed by atoms with Gasteiger partial charge in [0, 0.05) is 58.4 Å². The third kappa shape index (κ3) is 18.7. The van der Waals surface area contributed by atoms with E-state index in [-0.39, 0.29) is 0 Å². The first-order chi connectivity index (χ1) is 30.7. The number of sulfone groups is 1. The van der Waals surface area contributed by atoms with Gasteiger partial charge in [0.25, 0.3) is 0 Å². The molecule has 1 atom stereocenters. The summed E-state index contributed by atoms with van der Waals surface area (Å²) in [7, 11) is -2.60. The first-order valence-corrected chi connectivity index (χ1v) is 25.7. The molecule has 10 heteroatoms. The highest BCUT2D eigenvalue weighted by molar-refractivity contribution is 7.91. The molecule has 9 nitrogen and oxygen atoms in total. The van der Waals surface area contributed by atoms with Crippen LogP contribution in [-0.2, 0) is 9.84 Å². The third-order valence-corrected chi connectivity index (χ3v) is 16.1. The SMILES string of the molecule is CC1=NC(C)=C(C)C1.CC1=NC(C)=C(C)C1.CC1CCS(=O)(=O)C1.Cc1c(C)c(C)c(C)c(C)c1C.Cc1nc(C)c(C)c(C)c1C.Cc1nc(C)c(C)c(C)n1.Cc1nnc(C)c(C)c1C. The highest BCUT2D eigenvalue weighted by Gasteiger charge is 2.23. The lowest BCUT2D eigenvalue weighted by molar-refractivity contribution is 0.599. The molecule has 3 aromatic heterocycles. The normalized spacial score (nSPS) is 15.5. The molecule has 6 heterocycles. The summed E-state index contributed by atoms with van der Waals surface area (Å²) in [6.07, 6.45) is 3.04. The maximum absolute atomic E-state index is 10.6. The molecule has 0 radical (unpaired) electrons. The molecular formula is C57H89N7O2S. The number of aliphatic imine (C=N–C) groups is 2. The van der Waals surface area contributed by atoms with Crippen molar-refractivity contribution in [2.24, 2.45) is 15.9 Å². The van der Waals surface area contributed by atoms with E-state index in [9.17, 15) is 8.42 Å². The van der Waals surface area contributed by atoms with E-state index in [1.165, 1.54) is 101 Å². The average Bonchev–Trinajstić information content (AvgIpc) is 3.86. The topological polar surface area (TPSA) is 123 Å². The molecule has 0 spiro atoms. The molecule has 0 amide bonds. The van der Waals surface area contributed by atoms with Gasteiger partial charge in [-0.2, -0.15) is 10.2 Å². The van der Waals surface area contributed by atoms with E-state index in [0.29, 0.717) is 17.4 Å². The van der Waals surface area contributed by atoms with Gasteiger partial charge in [0.2, 0.25) is 0 Å². The molecule has 0 N–H and O–H groups in total. The quantitative estimate of drug-likeness (QED) is 0.172. The molecule has 1 fully saturated rings. The summed E-state index contributed by atoms with van der Waals surface area (Å²) in [5.41, 5.74) is 30.8. The number of hydrogen-bond acceptors (Lipinski definition) is 9.